The maximum absolute atomic E-state index is 13.7. The van der Waals surface area contributed by atoms with E-state index in [9.17, 15) is 19.1 Å². The van der Waals surface area contributed by atoms with Crippen molar-refractivity contribution in [2.24, 2.45) is 0 Å². The molecule has 4 rings (SSSR count). The zero-order valence-corrected chi connectivity index (χ0v) is 17.4. The van der Waals surface area contributed by atoms with Crippen molar-refractivity contribution in [1.29, 1.82) is 0 Å². The van der Waals surface area contributed by atoms with Crippen LogP contribution in [0, 0.1) is 5.82 Å². The summed E-state index contributed by atoms with van der Waals surface area (Å²) < 4.78 is 24.2. The lowest BCUT2D eigenvalue weighted by Crippen LogP contribution is -2.42. The van der Waals surface area contributed by atoms with Gasteiger partial charge in [-0.05, 0) is 39.9 Å². The van der Waals surface area contributed by atoms with Crippen molar-refractivity contribution in [1.82, 2.24) is 5.32 Å². The predicted octanol–water partition coefficient (Wildman–Crippen LogP) is 4.37. The lowest BCUT2D eigenvalue weighted by Gasteiger charge is -2.18. The molecule has 164 valence electrons. The van der Waals surface area contributed by atoms with E-state index in [0.29, 0.717) is 5.56 Å². The zero-order valence-electron chi connectivity index (χ0n) is 17.4. The van der Waals surface area contributed by atoms with Crippen LogP contribution in [0.25, 0.3) is 11.1 Å². The van der Waals surface area contributed by atoms with Gasteiger partial charge in [0.05, 0.1) is 7.11 Å². The van der Waals surface area contributed by atoms with E-state index in [-0.39, 0.29) is 24.7 Å². The number of carbonyl (C=O) groups is 2. The molecule has 2 N–H and O–H groups in total. The second-order valence-electron chi connectivity index (χ2n) is 7.56. The van der Waals surface area contributed by atoms with Gasteiger partial charge in [-0.15, -0.1) is 0 Å². The molecule has 1 amide bonds. The SMILES string of the molecule is COc1cc(F)cc(C[C@H](NC(=O)OCC2c3ccccc3-c3ccccc32)C(=O)O)c1. The molecule has 7 heteroatoms. The van der Waals surface area contributed by atoms with E-state index >= 15 is 0 Å². The molecule has 0 fully saturated rings. The third-order valence-electron chi connectivity index (χ3n) is 5.54. The number of rotatable bonds is 7. The number of carboxylic acids is 1. The van der Waals surface area contributed by atoms with E-state index < -0.39 is 23.9 Å². The predicted molar refractivity (Wildman–Crippen MR) is 116 cm³/mol. The van der Waals surface area contributed by atoms with Crippen molar-refractivity contribution in [3.05, 3.63) is 89.2 Å². The molecule has 1 aliphatic rings. The molecule has 0 aromatic heterocycles. The van der Waals surface area contributed by atoms with Gasteiger partial charge in [0.2, 0.25) is 0 Å². The third kappa shape index (κ3) is 4.42. The molecule has 0 spiro atoms. The number of carboxylic acid groups (broad SMARTS) is 1. The molecule has 1 atom stereocenters. The minimum Gasteiger partial charge on any atom is -0.497 e. The average Bonchev–Trinajstić information content (AvgIpc) is 3.10. The summed E-state index contributed by atoms with van der Waals surface area (Å²) in [5.41, 5.74) is 4.70. The van der Waals surface area contributed by atoms with Crippen molar-refractivity contribution in [2.75, 3.05) is 13.7 Å². The molecule has 6 nitrogen and oxygen atoms in total. The highest BCUT2D eigenvalue weighted by molar-refractivity contribution is 5.81. The van der Waals surface area contributed by atoms with Gasteiger partial charge >= 0.3 is 12.1 Å². The van der Waals surface area contributed by atoms with Crippen LogP contribution < -0.4 is 10.1 Å². The van der Waals surface area contributed by atoms with Crippen molar-refractivity contribution in [2.45, 2.75) is 18.4 Å². The molecular formula is C25H22FNO5. The fraction of sp³-hybridized carbons (Fsp3) is 0.200. The van der Waals surface area contributed by atoms with Crippen molar-refractivity contribution >= 4 is 12.1 Å². The summed E-state index contributed by atoms with van der Waals surface area (Å²) in [7, 11) is 1.39. The van der Waals surface area contributed by atoms with Crippen LogP contribution in [-0.2, 0) is 16.0 Å². The van der Waals surface area contributed by atoms with Crippen LogP contribution >= 0.6 is 0 Å². The number of methoxy groups -OCH3 is 1. The van der Waals surface area contributed by atoms with Crippen molar-refractivity contribution < 1.29 is 28.6 Å². The number of nitrogens with one attached hydrogen (secondary N) is 1. The molecule has 32 heavy (non-hydrogen) atoms. The van der Waals surface area contributed by atoms with Gasteiger partial charge in [-0.3, -0.25) is 0 Å². The summed E-state index contributed by atoms with van der Waals surface area (Å²) in [5.74, 6) is -1.67. The number of aliphatic carboxylic acids is 1. The molecule has 0 saturated heterocycles. The van der Waals surface area contributed by atoms with Crippen LogP contribution in [0.2, 0.25) is 0 Å². The second kappa shape index (κ2) is 9.09. The van der Waals surface area contributed by atoms with Crippen LogP contribution in [-0.4, -0.2) is 36.9 Å². The van der Waals surface area contributed by atoms with Crippen LogP contribution in [0.5, 0.6) is 5.75 Å². The van der Waals surface area contributed by atoms with E-state index in [4.69, 9.17) is 9.47 Å². The van der Waals surface area contributed by atoms with Gasteiger partial charge in [0.25, 0.3) is 0 Å². The smallest absolute Gasteiger partial charge is 0.407 e. The molecule has 0 heterocycles. The molecule has 0 radical (unpaired) electrons. The Hall–Kier alpha value is -3.87. The molecule has 0 aliphatic heterocycles. The van der Waals surface area contributed by atoms with Crippen LogP contribution in [0.3, 0.4) is 0 Å². The Balaban J connectivity index is 1.44. The molecule has 1 aliphatic carbocycles. The Morgan fingerprint density at radius 2 is 1.66 bits per heavy atom. The maximum atomic E-state index is 13.7. The van der Waals surface area contributed by atoms with Gasteiger partial charge in [-0.1, -0.05) is 48.5 Å². The Bertz CT molecular complexity index is 1120. The van der Waals surface area contributed by atoms with Gasteiger partial charge < -0.3 is 19.9 Å². The van der Waals surface area contributed by atoms with Crippen LogP contribution in [0.1, 0.15) is 22.6 Å². The molecule has 3 aromatic carbocycles. The normalized spacial score (nSPS) is 13.1. The van der Waals surface area contributed by atoms with E-state index in [1.54, 1.807) is 0 Å². The number of halogens is 1. The standard InChI is InChI=1S/C25H22FNO5/c1-31-17-11-15(10-16(26)13-17)12-23(24(28)29)27-25(30)32-14-22-20-8-4-2-6-18(20)19-7-3-5-9-21(19)22/h2-11,13,22-23H,12,14H2,1H3,(H,27,30)(H,28,29)/t23-/m0/s1. The zero-order chi connectivity index (χ0) is 22.7. The number of hydrogen-bond acceptors (Lipinski definition) is 4. The summed E-state index contributed by atoms with van der Waals surface area (Å²) in [4.78, 5) is 24.1. The number of alkyl carbamates (subject to hydrolysis) is 1. The molecule has 3 aromatic rings. The number of amides is 1. The minimum absolute atomic E-state index is 0.0694. The van der Waals surface area contributed by atoms with Gasteiger partial charge in [0, 0.05) is 18.4 Å². The van der Waals surface area contributed by atoms with Gasteiger partial charge in [0.1, 0.15) is 24.2 Å². The lowest BCUT2D eigenvalue weighted by atomic mass is 9.98. The van der Waals surface area contributed by atoms with E-state index in [1.807, 2.05) is 48.5 Å². The van der Waals surface area contributed by atoms with Gasteiger partial charge in [-0.25, -0.2) is 14.0 Å². The summed E-state index contributed by atoms with van der Waals surface area (Å²) >= 11 is 0. The first-order chi connectivity index (χ1) is 15.5. The van der Waals surface area contributed by atoms with Crippen LogP contribution in [0.4, 0.5) is 9.18 Å². The fourth-order valence-electron chi connectivity index (χ4n) is 4.07. The van der Waals surface area contributed by atoms with Crippen LogP contribution in [0.15, 0.2) is 66.7 Å². The number of hydrogen-bond donors (Lipinski definition) is 2. The first-order valence-corrected chi connectivity index (χ1v) is 10.1. The van der Waals surface area contributed by atoms with E-state index in [0.717, 1.165) is 22.3 Å². The Labute approximate surface area is 184 Å². The van der Waals surface area contributed by atoms with Gasteiger partial charge in [-0.2, -0.15) is 0 Å². The highest BCUT2D eigenvalue weighted by atomic mass is 19.1. The second-order valence-corrected chi connectivity index (χ2v) is 7.56. The van der Waals surface area contributed by atoms with Crippen molar-refractivity contribution in [3.8, 4) is 16.9 Å². The van der Waals surface area contributed by atoms with E-state index in [1.165, 1.54) is 25.3 Å². The molecule has 0 unspecified atom stereocenters. The highest BCUT2D eigenvalue weighted by Crippen LogP contribution is 2.44. The number of carbonyl (C=O) groups excluding carboxylic acids is 1. The first-order valence-electron chi connectivity index (χ1n) is 10.1. The molecule has 0 saturated carbocycles. The topological polar surface area (TPSA) is 84.9 Å². The first kappa shape index (κ1) is 21.4. The third-order valence-corrected chi connectivity index (χ3v) is 5.54. The minimum atomic E-state index is -1.28. The Kier molecular flexibility index (Phi) is 6.07. The largest absolute Gasteiger partial charge is 0.497 e. The lowest BCUT2D eigenvalue weighted by molar-refractivity contribution is -0.139. The average molecular weight is 435 g/mol. The maximum Gasteiger partial charge on any atom is 0.407 e. The molecule has 0 bridgehead atoms. The van der Waals surface area contributed by atoms with Crippen molar-refractivity contribution in [3.63, 3.8) is 0 Å². The number of fused-ring (bicyclic) bond motifs is 3. The molecular weight excluding hydrogens is 413 g/mol. The van der Waals surface area contributed by atoms with Gasteiger partial charge in [0.15, 0.2) is 0 Å². The number of ether oxygens (including phenoxy) is 2. The summed E-state index contributed by atoms with van der Waals surface area (Å²) in [5, 5.41) is 11.9. The summed E-state index contributed by atoms with van der Waals surface area (Å²) in [6.45, 7) is 0.0694. The fourth-order valence-corrected chi connectivity index (χ4v) is 4.07. The Morgan fingerprint density at radius 3 is 2.25 bits per heavy atom. The Morgan fingerprint density at radius 1 is 1.03 bits per heavy atom. The van der Waals surface area contributed by atoms with E-state index in [2.05, 4.69) is 5.32 Å². The quantitative estimate of drug-likeness (QED) is 0.576. The monoisotopic (exact) mass is 435 g/mol. The summed E-state index contributed by atoms with van der Waals surface area (Å²) in [6, 6.07) is 18.5. The number of benzene rings is 3. The highest BCUT2D eigenvalue weighted by Gasteiger charge is 2.29. The summed E-state index contributed by atoms with van der Waals surface area (Å²) in [6.07, 6.45) is -0.962.